The first kappa shape index (κ1) is 31.0. The van der Waals surface area contributed by atoms with Crippen LogP contribution in [0.1, 0.15) is 59.5 Å². The van der Waals surface area contributed by atoms with E-state index in [0.717, 1.165) is 5.56 Å². The molecule has 1 aromatic carbocycles. The average Bonchev–Trinajstić information content (AvgIpc) is 3.40. The van der Waals surface area contributed by atoms with Crippen molar-refractivity contribution in [2.45, 2.75) is 64.4 Å². The van der Waals surface area contributed by atoms with Crippen molar-refractivity contribution >= 4 is 12.0 Å². The van der Waals surface area contributed by atoms with E-state index in [4.69, 9.17) is 20.8 Å². The molecule has 0 saturated heterocycles. The normalized spacial score (nSPS) is 13.0. The van der Waals surface area contributed by atoms with E-state index in [0.29, 0.717) is 5.88 Å². The highest BCUT2D eigenvalue weighted by molar-refractivity contribution is 5.89. The molecule has 0 radical (unpaired) electrons. The number of pyridine rings is 1. The van der Waals surface area contributed by atoms with Crippen LogP contribution in [0.15, 0.2) is 54.7 Å². The van der Waals surface area contributed by atoms with Gasteiger partial charge in [0.2, 0.25) is 18.3 Å². The van der Waals surface area contributed by atoms with Crippen LogP contribution in [0.2, 0.25) is 0 Å². The number of alkyl carbamates (subject to hydrolysis) is 1. The SMILES string of the molecule is [C-]#[N+]C[C@H](COc1ccccn1)n1nnnc1[C@@H](COCc1ccccc1)NC(=O)C(C)(C)NC(=O)OC(C)(C)C.[HH]. The van der Waals surface area contributed by atoms with Crippen molar-refractivity contribution in [3.63, 3.8) is 0 Å². The van der Waals surface area contributed by atoms with Crippen molar-refractivity contribution in [2.75, 3.05) is 19.8 Å². The first-order chi connectivity index (χ1) is 19.5. The van der Waals surface area contributed by atoms with Gasteiger partial charge >= 0.3 is 6.09 Å². The number of rotatable bonds is 13. The van der Waals surface area contributed by atoms with Gasteiger partial charge in [-0.05, 0) is 56.7 Å². The van der Waals surface area contributed by atoms with Gasteiger partial charge in [-0.2, -0.15) is 0 Å². The summed E-state index contributed by atoms with van der Waals surface area (Å²) < 4.78 is 18.5. The lowest BCUT2D eigenvalue weighted by Crippen LogP contribution is -2.56. The molecule has 3 aromatic rings. The molecule has 2 heterocycles. The summed E-state index contributed by atoms with van der Waals surface area (Å²) in [5, 5.41) is 17.6. The number of nitrogens with zero attached hydrogens (tertiary/aromatic N) is 6. The number of aromatic nitrogens is 5. The predicted molar refractivity (Wildman–Crippen MR) is 151 cm³/mol. The van der Waals surface area contributed by atoms with Crippen LogP contribution in [0.5, 0.6) is 5.88 Å². The van der Waals surface area contributed by atoms with Gasteiger partial charge in [0.1, 0.15) is 23.8 Å². The standard InChI is InChI=1S/C28H36N8O5.H2/c1-27(2,3)41-26(38)32-28(4,5)25(37)31-22(19-39-17-20-12-8-7-9-13-20)24-33-34-35-36(24)21(16-29-6)18-40-23-14-10-11-15-30-23;/h7-15,21-22H,16-19H2,1-5H3,(H,31,37)(H,32,38);1H/t21-,22-;/m1./s1. The van der Waals surface area contributed by atoms with Crippen molar-refractivity contribution in [1.82, 2.24) is 35.8 Å². The summed E-state index contributed by atoms with van der Waals surface area (Å²) in [6, 6.07) is 13.4. The zero-order valence-electron chi connectivity index (χ0n) is 23.9. The number of tetrazole rings is 1. The highest BCUT2D eigenvalue weighted by Crippen LogP contribution is 2.19. The molecule has 3 rings (SSSR count). The van der Waals surface area contributed by atoms with Crippen LogP contribution in [0, 0.1) is 6.57 Å². The third kappa shape index (κ3) is 9.84. The first-order valence-corrected chi connectivity index (χ1v) is 13.1. The third-order valence-corrected chi connectivity index (χ3v) is 5.62. The van der Waals surface area contributed by atoms with Crippen LogP contribution in [0.25, 0.3) is 4.85 Å². The zero-order valence-corrected chi connectivity index (χ0v) is 23.9. The van der Waals surface area contributed by atoms with Crippen molar-refractivity contribution in [3.05, 3.63) is 77.5 Å². The number of carbonyl (C=O) groups is 2. The molecule has 2 aromatic heterocycles. The van der Waals surface area contributed by atoms with Gasteiger partial charge in [0, 0.05) is 13.7 Å². The molecule has 0 aliphatic rings. The van der Waals surface area contributed by atoms with Crippen LogP contribution < -0.4 is 15.4 Å². The molecule has 0 unspecified atom stereocenters. The van der Waals surface area contributed by atoms with E-state index in [9.17, 15) is 9.59 Å². The second-order valence-electron chi connectivity index (χ2n) is 10.7. The minimum Gasteiger partial charge on any atom is -0.475 e. The molecule has 13 heteroatoms. The Morgan fingerprint density at radius 3 is 2.46 bits per heavy atom. The van der Waals surface area contributed by atoms with E-state index in [1.165, 1.54) is 4.68 Å². The Morgan fingerprint density at radius 1 is 1.07 bits per heavy atom. The van der Waals surface area contributed by atoms with Gasteiger partial charge in [-0.3, -0.25) is 4.79 Å². The lowest BCUT2D eigenvalue weighted by molar-refractivity contribution is -0.127. The molecular weight excluding hydrogens is 528 g/mol. The van der Waals surface area contributed by atoms with Crippen LogP contribution in [0.4, 0.5) is 4.79 Å². The van der Waals surface area contributed by atoms with E-state index in [2.05, 4.69) is 36.0 Å². The minimum atomic E-state index is -1.35. The molecule has 220 valence electrons. The van der Waals surface area contributed by atoms with E-state index < -0.39 is 35.2 Å². The monoisotopic (exact) mass is 566 g/mol. The van der Waals surface area contributed by atoms with Gasteiger partial charge in [0.25, 0.3) is 0 Å². The topological polar surface area (TPSA) is 147 Å². The van der Waals surface area contributed by atoms with Crippen LogP contribution in [-0.2, 0) is 20.9 Å². The molecular formula is C28H38N8O5. The summed E-state index contributed by atoms with van der Waals surface area (Å²) in [6.45, 7) is 16.1. The largest absolute Gasteiger partial charge is 0.475 e. The molecule has 13 nitrogen and oxygen atoms in total. The van der Waals surface area contributed by atoms with E-state index in [1.807, 2.05) is 30.3 Å². The fraction of sp³-hybridized carbons (Fsp3) is 0.464. The Kier molecular flexibility index (Phi) is 10.7. The minimum absolute atomic E-state index is 0. The summed E-state index contributed by atoms with van der Waals surface area (Å²) >= 11 is 0. The smallest absolute Gasteiger partial charge is 0.408 e. The highest BCUT2D eigenvalue weighted by Gasteiger charge is 2.35. The quantitative estimate of drug-likeness (QED) is 0.297. The first-order valence-electron chi connectivity index (χ1n) is 13.1. The van der Waals surface area contributed by atoms with Crippen LogP contribution in [-0.4, -0.2) is 68.1 Å². The molecule has 0 aliphatic carbocycles. The Bertz CT molecular complexity index is 1310. The van der Waals surface area contributed by atoms with E-state index >= 15 is 0 Å². The zero-order chi connectivity index (χ0) is 29.9. The number of ether oxygens (including phenoxy) is 3. The maximum Gasteiger partial charge on any atom is 0.408 e. The molecule has 2 amide bonds. The number of carbonyl (C=O) groups excluding carboxylic acids is 2. The van der Waals surface area contributed by atoms with Crippen LogP contribution >= 0.6 is 0 Å². The Hall–Kier alpha value is -4.57. The summed E-state index contributed by atoms with van der Waals surface area (Å²) in [5.74, 6) is 0.138. The molecule has 0 fully saturated rings. The van der Waals surface area contributed by atoms with Gasteiger partial charge in [-0.1, -0.05) is 36.4 Å². The summed E-state index contributed by atoms with van der Waals surface area (Å²) in [6.07, 6.45) is 0.868. The summed E-state index contributed by atoms with van der Waals surface area (Å²) in [7, 11) is 0. The molecule has 2 atom stereocenters. The van der Waals surface area contributed by atoms with E-state index in [1.54, 1.807) is 59.0 Å². The van der Waals surface area contributed by atoms with Gasteiger partial charge < -0.3 is 29.7 Å². The lowest BCUT2D eigenvalue weighted by atomic mass is 10.0. The predicted octanol–water partition coefficient (Wildman–Crippen LogP) is 3.53. The molecule has 0 spiro atoms. The fourth-order valence-electron chi connectivity index (χ4n) is 3.61. The molecule has 0 saturated carbocycles. The highest BCUT2D eigenvalue weighted by atomic mass is 16.6. The van der Waals surface area contributed by atoms with Crippen molar-refractivity contribution < 1.29 is 25.2 Å². The maximum absolute atomic E-state index is 13.4. The maximum atomic E-state index is 13.4. The number of nitrogens with one attached hydrogen (secondary N) is 2. The molecule has 2 N–H and O–H groups in total. The van der Waals surface area contributed by atoms with E-state index in [-0.39, 0.29) is 33.6 Å². The average molecular weight is 567 g/mol. The Labute approximate surface area is 240 Å². The second kappa shape index (κ2) is 14.2. The van der Waals surface area contributed by atoms with Gasteiger partial charge in [0.05, 0.1) is 13.2 Å². The van der Waals surface area contributed by atoms with Crippen LogP contribution in [0.3, 0.4) is 0 Å². The Balaban J connectivity index is 0.00000616. The van der Waals surface area contributed by atoms with Gasteiger partial charge in [0.15, 0.2) is 11.9 Å². The second-order valence-corrected chi connectivity index (χ2v) is 10.7. The molecule has 0 aliphatic heterocycles. The Morgan fingerprint density at radius 2 is 1.80 bits per heavy atom. The molecule has 0 bridgehead atoms. The summed E-state index contributed by atoms with van der Waals surface area (Å²) in [4.78, 5) is 33.5. The van der Waals surface area contributed by atoms with Gasteiger partial charge in [-0.15, -0.1) is 5.10 Å². The number of amides is 2. The molecule has 41 heavy (non-hydrogen) atoms. The lowest BCUT2D eigenvalue weighted by Gasteiger charge is -2.29. The number of benzene rings is 1. The van der Waals surface area contributed by atoms with Crippen molar-refractivity contribution in [2.24, 2.45) is 0 Å². The van der Waals surface area contributed by atoms with Crippen molar-refractivity contribution in [1.29, 1.82) is 0 Å². The summed E-state index contributed by atoms with van der Waals surface area (Å²) in [5.41, 5.74) is -1.14. The van der Waals surface area contributed by atoms with Crippen molar-refractivity contribution in [3.8, 4) is 5.88 Å². The third-order valence-electron chi connectivity index (χ3n) is 5.62. The number of hydrogen-bond donors (Lipinski definition) is 2. The number of hydrogen-bond acceptors (Lipinski definition) is 9. The van der Waals surface area contributed by atoms with Gasteiger partial charge in [-0.25, -0.2) is 21.0 Å². The fourth-order valence-corrected chi connectivity index (χ4v) is 3.61.